The van der Waals surface area contributed by atoms with Crippen molar-refractivity contribution < 1.29 is 17.9 Å². The third kappa shape index (κ3) is 5.72. The van der Waals surface area contributed by atoms with Gasteiger partial charge in [-0.2, -0.15) is 0 Å². The first-order valence-electron chi connectivity index (χ1n) is 9.64. The van der Waals surface area contributed by atoms with Gasteiger partial charge >= 0.3 is 0 Å². The summed E-state index contributed by atoms with van der Waals surface area (Å²) in [6, 6.07) is 13.1. The highest BCUT2D eigenvalue weighted by Crippen LogP contribution is 2.28. The van der Waals surface area contributed by atoms with Gasteiger partial charge in [0.1, 0.15) is 5.75 Å². The molecule has 0 saturated carbocycles. The van der Waals surface area contributed by atoms with Gasteiger partial charge in [0.2, 0.25) is 10.0 Å². The van der Waals surface area contributed by atoms with E-state index in [0.29, 0.717) is 0 Å². The maximum Gasteiger partial charge on any atom is 0.260 e. The topological polar surface area (TPSA) is 75.7 Å². The molecule has 2 aromatic rings. The zero-order valence-corrected chi connectivity index (χ0v) is 17.9. The molecule has 2 aromatic carbocycles. The second-order valence-electron chi connectivity index (χ2n) is 7.08. The normalized spacial score (nSPS) is 15.7. The van der Waals surface area contributed by atoms with Crippen molar-refractivity contribution in [2.75, 3.05) is 19.7 Å². The number of halogens is 1. The standard InChI is InChI=1S/C21H25ClN2O4S/c1-16(17-8-4-2-5-9-17)23-29(26,27)18-10-11-20(19(22)14-18)28-15-21(25)24-12-6-3-7-13-24/h2,4-5,8-11,14,16,23H,3,6-7,12-13,15H2,1H3/t16-/m1/s1. The van der Waals surface area contributed by atoms with Gasteiger partial charge in [-0.1, -0.05) is 41.9 Å². The van der Waals surface area contributed by atoms with Crippen LogP contribution < -0.4 is 9.46 Å². The van der Waals surface area contributed by atoms with Crippen molar-refractivity contribution in [1.82, 2.24) is 9.62 Å². The van der Waals surface area contributed by atoms with Gasteiger partial charge in [-0.3, -0.25) is 4.79 Å². The Morgan fingerprint density at radius 3 is 2.48 bits per heavy atom. The minimum Gasteiger partial charge on any atom is -0.482 e. The van der Waals surface area contributed by atoms with E-state index in [4.69, 9.17) is 16.3 Å². The quantitative estimate of drug-likeness (QED) is 0.716. The van der Waals surface area contributed by atoms with Crippen LogP contribution in [0.1, 0.15) is 37.8 Å². The van der Waals surface area contributed by atoms with Crippen molar-refractivity contribution in [3.8, 4) is 5.75 Å². The van der Waals surface area contributed by atoms with E-state index in [9.17, 15) is 13.2 Å². The van der Waals surface area contributed by atoms with Crippen molar-refractivity contribution in [1.29, 1.82) is 0 Å². The van der Waals surface area contributed by atoms with E-state index in [1.165, 1.54) is 18.2 Å². The Balaban J connectivity index is 1.64. The molecule has 0 bridgehead atoms. The van der Waals surface area contributed by atoms with Crippen LogP contribution >= 0.6 is 11.6 Å². The van der Waals surface area contributed by atoms with Crippen LogP contribution in [0.5, 0.6) is 5.75 Å². The summed E-state index contributed by atoms with van der Waals surface area (Å²) in [4.78, 5) is 14.0. The Kier molecular flexibility index (Phi) is 7.16. The van der Waals surface area contributed by atoms with E-state index in [2.05, 4.69) is 4.72 Å². The summed E-state index contributed by atoms with van der Waals surface area (Å²) in [5, 5.41) is 0.145. The van der Waals surface area contributed by atoms with Crippen LogP contribution in [0.2, 0.25) is 5.02 Å². The molecule has 0 radical (unpaired) electrons. The highest BCUT2D eigenvalue weighted by Gasteiger charge is 2.21. The first kappa shape index (κ1) is 21.6. The first-order valence-corrected chi connectivity index (χ1v) is 11.5. The zero-order valence-electron chi connectivity index (χ0n) is 16.3. The minimum atomic E-state index is -3.76. The molecular weight excluding hydrogens is 412 g/mol. The van der Waals surface area contributed by atoms with E-state index in [0.717, 1.165) is 37.9 Å². The molecule has 6 nitrogen and oxygen atoms in total. The van der Waals surface area contributed by atoms with Crippen LogP contribution in [0.25, 0.3) is 0 Å². The van der Waals surface area contributed by atoms with Crippen LogP contribution in [-0.4, -0.2) is 38.9 Å². The fraction of sp³-hybridized carbons (Fsp3) is 0.381. The molecule has 0 unspecified atom stereocenters. The molecule has 0 spiro atoms. The first-order chi connectivity index (χ1) is 13.9. The number of rotatable bonds is 7. The lowest BCUT2D eigenvalue weighted by Crippen LogP contribution is -2.38. The van der Waals surface area contributed by atoms with E-state index >= 15 is 0 Å². The average molecular weight is 437 g/mol. The summed E-state index contributed by atoms with van der Waals surface area (Å²) < 4.78 is 33.5. The molecule has 8 heteroatoms. The Morgan fingerprint density at radius 2 is 1.83 bits per heavy atom. The molecule has 1 aliphatic rings. The van der Waals surface area contributed by atoms with Crippen LogP contribution in [0.4, 0.5) is 0 Å². The second-order valence-corrected chi connectivity index (χ2v) is 9.20. The molecule has 156 valence electrons. The SMILES string of the molecule is C[C@@H](NS(=O)(=O)c1ccc(OCC(=O)N2CCCCC2)c(Cl)c1)c1ccccc1. The summed E-state index contributed by atoms with van der Waals surface area (Å²) in [7, 11) is -3.76. The Morgan fingerprint density at radius 1 is 1.14 bits per heavy atom. The lowest BCUT2D eigenvalue weighted by molar-refractivity contribution is -0.134. The molecule has 0 aliphatic carbocycles. The van der Waals surface area contributed by atoms with Gasteiger partial charge in [-0.05, 0) is 49.9 Å². The summed E-state index contributed by atoms with van der Waals surface area (Å²) in [6.45, 7) is 3.16. The van der Waals surface area contributed by atoms with E-state index in [1.54, 1.807) is 11.8 Å². The highest BCUT2D eigenvalue weighted by molar-refractivity contribution is 7.89. The smallest absolute Gasteiger partial charge is 0.260 e. The molecule has 1 N–H and O–H groups in total. The number of carbonyl (C=O) groups is 1. The number of likely N-dealkylation sites (tertiary alicyclic amines) is 1. The number of piperidine rings is 1. The predicted molar refractivity (Wildman–Crippen MR) is 113 cm³/mol. The number of carbonyl (C=O) groups excluding carboxylic acids is 1. The number of nitrogens with one attached hydrogen (secondary N) is 1. The van der Waals surface area contributed by atoms with Crippen LogP contribution in [-0.2, 0) is 14.8 Å². The number of benzene rings is 2. The maximum atomic E-state index is 12.7. The number of hydrogen-bond acceptors (Lipinski definition) is 4. The molecule has 1 heterocycles. The van der Waals surface area contributed by atoms with E-state index in [-0.39, 0.29) is 28.2 Å². The van der Waals surface area contributed by atoms with Gasteiger partial charge in [0.15, 0.2) is 6.61 Å². The third-order valence-electron chi connectivity index (χ3n) is 4.91. The molecule has 1 atom stereocenters. The predicted octanol–water partition coefficient (Wildman–Crippen LogP) is 3.77. The summed E-state index contributed by atoms with van der Waals surface area (Å²) in [5.74, 6) is 0.197. The number of nitrogens with zero attached hydrogens (tertiary/aromatic N) is 1. The van der Waals surface area contributed by atoms with E-state index in [1.807, 2.05) is 30.3 Å². The minimum absolute atomic E-state index is 0.0417. The van der Waals surface area contributed by atoms with Gasteiger partial charge in [0.05, 0.1) is 9.92 Å². The maximum absolute atomic E-state index is 12.7. The fourth-order valence-corrected chi connectivity index (χ4v) is 4.81. The van der Waals surface area contributed by atoms with Crippen molar-refractivity contribution in [3.63, 3.8) is 0 Å². The molecule has 3 rings (SSSR count). The lowest BCUT2D eigenvalue weighted by atomic mass is 10.1. The van der Waals surface area contributed by atoms with Crippen LogP contribution in [0, 0.1) is 0 Å². The zero-order chi connectivity index (χ0) is 20.9. The van der Waals surface area contributed by atoms with Crippen molar-refractivity contribution in [2.45, 2.75) is 37.1 Å². The van der Waals surface area contributed by atoms with Gasteiger partial charge < -0.3 is 9.64 Å². The van der Waals surface area contributed by atoms with Gasteiger partial charge in [0, 0.05) is 19.1 Å². The van der Waals surface area contributed by atoms with Gasteiger partial charge in [-0.15, -0.1) is 0 Å². The number of sulfonamides is 1. The molecule has 0 aromatic heterocycles. The fourth-order valence-electron chi connectivity index (χ4n) is 3.25. The summed E-state index contributed by atoms with van der Waals surface area (Å²) in [5.41, 5.74) is 0.860. The van der Waals surface area contributed by atoms with E-state index < -0.39 is 16.1 Å². The molecule has 1 amide bonds. The molecule has 1 saturated heterocycles. The van der Waals surface area contributed by atoms with Crippen molar-refractivity contribution in [3.05, 3.63) is 59.1 Å². The number of ether oxygens (including phenoxy) is 1. The molecule has 1 fully saturated rings. The Labute approximate surface area is 176 Å². The molecule has 29 heavy (non-hydrogen) atoms. The summed E-state index contributed by atoms with van der Waals surface area (Å²) in [6.07, 6.45) is 3.16. The molecule has 1 aliphatic heterocycles. The van der Waals surface area contributed by atoms with Crippen molar-refractivity contribution >= 4 is 27.5 Å². The molecular formula is C21H25ClN2O4S. The van der Waals surface area contributed by atoms with Gasteiger partial charge in [0.25, 0.3) is 5.91 Å². The van der Waals surface area contributed by atoms with Crippen LogP contribution in [0.3, 0.4) is 0 Å². The highest BCUT2D eigenvalue weighted by atomic mass is 35.5. The van der Waals surface area contributed by atoms with Crippen molar-refractivity contribution in [2.24, 2.45) is 0 Å². The average Bonchev–Trinajstić information content (AvgIpc) is 2.73. The van der Waals surface area contributed by atoms with Gasteiger partial charge in [-0.25, -0.2) is 13.1 Å². The Hall–Kier alpha value is -2.09. The Bertz CT molecular complexity index is 944. The summed E-state index contributed by atoms with van der Waals surface area (Å²) >= 11 is 6.22. The largest absolute Gasteiger partial charge is 0.482 e. The monoisotopic (exact) mass is 436 g/mol. The lowest BCUT2D eigenvalue weighted by Gasteiger charge is -2.26. The number of hydrogen-bond donors (Lipinski definition) is 1. The van der Waals surface area contributed by atoms with Crippen LogP contribution in [0.15, 0.2) is 53.4 Å². The second kappa shape index (κ2) is 9.61. The third-order valence-corrected chi connectivity index (χ3v) is 6.74. The number of amides is 1.